The van der Waals surface area contributed by atoms with Gasteiger partial charge in [0, 0.05) is 27.2 Å². The molecule has 9 heteroatoms. The molecular formula is C28H22BrF3IN3O. The third-order valence-corrected chi connectivity index (χ3v) is 7.19. The number of carbonyl (C=O) groups is 1. The van der Waals surface area contributed by atoms with E-state index in [1.54, 1.807) is 36.5 Å². The Morgan fingerprint density at radius 1 is 0.865 bits per heavy atom. The van der Waals surface area contributed by atoms with Crippen LogP contribution in [-0.4, -0.2) is 11.0 Å². The highest BCUT2D eigenvalue weighted by Crippen LogP contribution is 2.37. The van der Waals surface area contributed by atoms with Gasteiger partial charge >= 0.3 is 12.2 Å². The van der Waals surface area contributed by atoms with Crippen LogP contribution in [0.1, 0.15) is 27.9 Å². The highest BCUT2D eigenvalue weighted by molar-refractivity contribution is 14.1. The second-order valence-corrected chi connectivity index (χ2v) is 10.1. The lowest BCUT2D eigenvalue weighted by Gasteiger charge is -2.36. The molecule has 4 nitrogen and oxygen atoms in total. The average Bonchev–Trinajstić information content (AvgIpc) is 2.88. The van der Waals surface area contributed by atoms with Crippen molar-refractivity contribution < 1.29 is 18.0 Å². The largest absolute Gasteiger partial charge is 0.416 e. The van der Waals surface area contributed by atoms with Crippen LogP contribution in [0.4, 0.5) is 23.7 Å². The van der Waals surface area contributed by atoms with Crippen LogP contribution >= 0.6 is 38.5 Å². The Morgan fingerprint density at radius 2 is 1.59 bits per heavy atom. The number of hydrogen-bond donors (Lipinski definition) is 2. The van der Waals surface area contributed by atoms with Crippen LogP contribution in [0, 0.1) is 0 Å². The fourth-order valence-corrected chi connectivity index (χ4v) is 4.91. The maximum atomic E-state index is 13.8. The first-order valence-corrected chi connectivity index (χ1v) is 13.6. The minimum atomic E-state index is -4.55. The molecule has 0 saturated carbocycles. The molecule has 0 radical (unpaired) electrons. The lowest BCUT2D eigenvalue weighted by atomic mass is 9.80. The molecule has 0 fully saturated rings. The van der Waals surface area contributed by atoms with Crippen LogP contribution in [0.2, 0.25) is 0 Å². The molecule has 0 spiro atoms. The molecule has 2 N–H and O–H groups in total. The molecule has 1 heterocycles. The summed E-state index contributed by atoms with van der Waals surface area (Å²) in [5, 5.41) is 5.80. The van der Waals surface area contributed by atoms with Crippen molar-refractivity contribution in [1.29, 1.82) is 0 Å². The second kappa shape index (κ2) is 11.6. The van der Waals surface area contributed by atoms with E-state index < -0.39 is 23.3 Å². The van der Waals surface area contributed by atoms with Crippen molar-refractivity contribution in [3.63, 3.8) is 0 Å². The summed E-state index contributed by atoms with van der Waals surface area (Å²) in [5.41, 5.74) is 0.794. The first kappa shape index (κ1) is 27.1. The van der Waals surface area contributed by atoms with Gasteiger partial charge in [0.15, 0.2) is 0 Å². The van der Waals surface area contributed by atoms with Crippen molar-refractivity contribution in [1.82, 2.24) is 10.3 Å². The summed E-state index contributed by atoms with van der Waals surface area (Å²) in [7, 11) is 0. The third-order valence-electron chi connectivity index (χ3n) is 5.82. The lowest BCUT2D eigenvalue weighted by molar-refractivity contribution is -0.137. The Kier molecular flexibility index (Phi) is 8.53. The summed E-state index contributed by atoms with van der Waals surface area (Å²) >= 11 is 5.60. The van der Waals surface area contributed by atoms with Gasteiger partial charge in [-0.2, -0.15) is 13.2 Å². The number of rotatable bonds is 7. The van der Waals surface area contributed by atoms with Crippen molar-refractivity contribution in [3.8, 4) is 0 Å². The van der Waals surface area contributed by atoms with E-state index in [-0.39, 0.29) is 12.0 Å². The fourth-order valence-electron chi connectivity index (χ4n) is 4.06. The maximum absolute atomic E-state index is 13.8. The molecule has 1 unspecified atom stereocenters. The summed E-state index contributed by atoms with van der Waals surface area (Å²) < 4.78 is 42.7. The predicted octanol–water partition coefficient (Wildman–Crippen LogP) is 8.11. The van der Waals surface area contributed by atoms with E-state index in [4.69, 9.17) is 0 Å². The third kappa shape index (κ3) is 6.70. The number of amides is 2. The molecule has 0 aliphatic heterocycles. The van der Waals surface area contributed by atoms with Gasteiger partial charge in [0.2, 0.25) is 0 Å². The Bertz CT molecular complexity index is 1370. The number of benzene rings is 3. The van der Waals surface area contributed by atoms with E-state index >= 15 is 0 Å². The molecule has 3 aromatic carbocycles. The summed E-state index contributed by atoms with van der Waals surface area (Å²) in [6.07, 6.45) is -2.69. The molecule has 0 aliphatic rings. The molecule has 0 bridgehead atoms. The normalized spacial score (nSPS) is 13.0. The summed E-state index contributed by atoms with van der Waals surface area (Å²) in [6.45, 7) is 0. The Labute approximate surface area is 235 Å². The summed E-state index contributed by atoms with van der Waals surface area (Å²) in [5.74, 6) is 0. The molecule has 4 rings (SSSR count). The van der Waals surface area contributed by atoms with E-state index in [9.17, 15) is 18.0 Å². The zero-order valence-electron chi connectivity index (χ0n) is 19.4. The topological polar surface area (TPSA) is 54.0 Å². The molecule has 190 valence electrons. The zero-order valence-corrected chi connectivity index (χ0v) is 23.1. The number of nitrogens with one attached hydrogen (secondary N) is 2. The van der Waals surface area contributed by atoms with Crippen LogP contribution in [0.3, 0.4) is 0 Å². The Hall–Kier alpha value is -2.92. The van der Waals surface area contributed by atoms with Crippen LogP contribution in [-0.2, 0) is 22.6 Å². The van der Waals surface area contributed by atoms with E-state index in [0.717, 1.165) is 32.2 Å². The number of pyridine rings is 1. The van der Waals surface area contributed by atoms with E-state index in [2.05, 4.69) is 54.1 Å². The Balaban J connectivity index is 1.88. The second-order valence-electron chi connectivity index (χ2n) is 8.42. The standard InChI is InChI=1S/C28H22BrF3IN3O/c29-23-10-5-11-24(15-23)35-26(37)36-27(16-19-6-2-1-3-7-19,25-13-12-20(17-33)18-34-25)21-8-4-9-22(14-21)28(30,31)32/h1-15,18H,16-17H2,(H2,35,36,37). The smallest absolute Gasteiger partial charge is 0.322 e. The lowest BCUT2D eigenvalue weighted by Crippen LogP contribution is -2.50. The Morgan fingerprint density at radius 3 is 2.24 bits per heavy atom. The van der Waals surface area contributed by atoms with E-state index in [0.29, 0.717) is 11.4 Å². The number of nitrogens with zero attached hydrogens (tertiary/aromatic N) is 1. The van der Waals surface area contributed by atoms with Gasteiger partial charge in [-0.15, -0.1) is 0 Å². The van der Waals surface area contributed by atoms with Crippen molar-refractivity contribution in [2.75, 3.05) is 5.32 Å². The fraction of sp³-hybridized carbons (Fsp3) is 0.143. The number of urea groups is 1. The molecular weight excluding hydrogens is 658 g/mol. The monoisotopic (exact) mass is 679 g/mol. The molecule has 4 aromatic rings. The number of hydrogen-bond acceptors (Lipinski definition) is 2. The van der Waals surface area contributed by atoms with Crippen molar-refractivity contribution in [2.24, 2.45) is 0 Å². The molecule has 0 aliphatic carbocycles. The average molecular weight is 680 g/mol. The highest BCUT2D eigenvalue weighted by atomic mass is 127. The first-order valence-electron chi connectivity index (χ1n) is 11.3. The number of aromatic nitrogens is 1. The number of carbonyl (C=O) groups excluding carboxylic acids is 1. The minimum absolute atomic E-state index is 0.178. The predicted molar refractivity (Wildman–Crippen MR) is 151 cm³/mol. The SMILES string of the molecule is O=C(Nc1cccc(Br)c1)NC(Cc1ccccc1)(c1cccc(C(F)(F)F)c1)c1ccc(CI)cn1. The maximum Gasteiger partial charge on any atom is 0.416 e. The molecule has 1 aromatic heterocycles. The van der Waals surface area contributed by atoms with Crippen molar-refractivity contribution in [2.45, 2.75) is 22.6 Å². The van der Waals surface area contributed by atoms with Gasteiger partial charge in [0.1, 0.15) is 5.54 Å². The van der Waals surface area contributed by atoms with Crippen molar-refractivity contribution in [3.05, 3.63) is 130 Å². The van der Waals surface area contributed by atoms with Gasteiger partial charge in [-0.1, -0.05) is 93.1 Å². The van der Waals surface area contributed by atoms with E-state index in [1.807, 2.05) is 42.5 Å². The van der Waals surface area contributed by atoms with Crippen LogP contribution in [0.5, 0.6) is 0 Å². The van der Waals surface area contributed by atoms with Crippen molar-refractivity contribution >= 4 is 50.2 Å². The van der Waals surface area contributed by atoms with Gasteiger partial charge in [0.05, 0.1) is 11.3 Å². The highest BCUT2D eigenvalue weighted by Gasteiger charge is 2.40. The number of halogens is 5. The zero-order chi connectivity index (χ0) is 26.5. The molecule has 0 saturated heterocycles. The van der Waals surface area contributed by atoms with E-state index in [1.165, 1.54) is 6.07 Å². The molecule has 37 heavy (non-hydrogen) atoms. The summed E-state index contributed by atoms with van der Waals surface area (Å²) in [4.78, 5) is 18.0. The summed E-state index contributed by atoms with van der Waals surface area (Å²) in [6, 6.07) is 24.4. The van der Waals surface area contributed by atoms with Gasteiger partial charge in [-0.3, -0.25) is 4.98 Å². The minimum Gasteiger partial charge on any atom is -0.322 e. The quantitative estimate of drug-likeness (QED) is 0.153. The van der Waals surface area contributed by atoms with Crippen LogP contribution < -0.4 is 10.6 Å². The van der Waals surface area contributed by atoms with Gasteiger partial charge in [-0.05, 0) is 53.1 Å². The molecule has 1 atom stereocenters. The van der Waals surface area contributed by atoms with Gasteiger partial charge < -0.3 is 10.6 Å². The van der Waals surface area contributed by atoms with Crippen LogP contribution in [0.15, 0.2) is 102 Å². The van der Waals surface area contributed by atoms with Gasteiger partial charge in [-0.25, -0.2) is 4.79 Å². The number of anilines is 1. The molecule has 2 amide bonds. The van der Waals surface area contributed by atoms with Crippen LogP contribution in [0.25, 0.3) is 0 Å². The number of alkyl halides is 4. The van der Waals surface area contributed by atoms with Gasteiger partial charge in [0.25, 0.3) is 0 Å². The first-order chi connectivity index (χ1) is 17.7.